The molecule has 3 rings (SSSR count). The smallest absolute Gasteiger partial charge is 0.223 e. The minimum Gasteiger partial charge on any atom is -0.339 e. The lowest BCUT2D eigenvalue weighted by atomic mass is 9.85. The molecule has 0 aliphatic carbocycles. The zero-order valence-corrected chi connectivity index (χ0v) is 15.4. The molecular weight excluding hydrogens is 296 g/mol. The van der Waals surface area contributed by atoms with Crippen molar-refractivity contribution in [1.82, 2.24) is 10.2 Å². The first-order valence-electron chi connectivity index (χ1n) is 9.62. The van der Waals surface area contributed by atoms with E-state index >= 15 is 0 Å². The Morgan fingerprint density at radius 1 is 1.38 bits per heavy atom. The van der Waals surface area contributed by atoms with Gasteiger partial charge in [-0.3, -0.25) is 4.79 Å². The van der Waals surface area contributed by atoms with Gasteiger partial charge in [0, 0.05) is 24.9 Å². The van der Waals surface area contributed by atoms with Crippen molar-refractivity contribution in [3.8, 4) is 0 Å². The molecule has 3 nitrogen and oxygen atoms in total. The summed E-state index contributed by atoms with van der Waals surface area (Å²) in [7, 11) is 0. The Morgan fingerprint density at radius 2 is 2.17 bits per heavy atom. The quantitative estimate of drug-likeness (QED) is 0.913. The summed E-state index contributed by atoms with van der Waals surface area (Å²) in [5.74, 6) is 2.00. The molecule has 1 amide bonds. The number of hydrogen-bond donors (Lipinski definition) is 1. The molecule has 0 aromatic heterocycles. The second-order valence-corrected chi connectivity index (χ2v) is 7.97. The zero-order valence-electron chi connectivity index (χ0n) is 15.4. The van der Waals surface area contributed by atoms with E-state index in [1.807, 2.05) is 0 Å². The number of carbonyl (C=O) groups excluding carboxylic acids is 1. The topological polar surface area (TPSA) is 32.3 Å². The summed E-state index contributed by atoms with van der Waals surface area (Å²) in [6.07, 6.45) is 4.31. The molecule has 2 aliphatic rings. The second kappa shape index (κ2) is 7.69. The van der Waals surface area contributed by atoms with Gasteiger partial charge in [0.1, 0.15) is 0 Å². The predicted octanol–water partition coefficient (Wildman–Crippen LogP) is 3.73. The van der Waals surface area contributed by atoms with Gasteiger partial charge in [0.15, 0.2) is 0 Å². The van der Waals surface area contributed by atoms with Crippen molar-refractivity contribution < 1.29 is 4.79 Å². The fourth-order valence-electron chi connectivity index (χ4n) is 4.57. The highest BCUT2D eigenvalue weighted by Crippen LogP contribution is 2.34. The van der Waals surface area contributed by atoms with E-state index in [2.05, 4.69) is 55.3 Å². The second-order valence-electron chi connectivity index (χ2n) is 7.97. The van der Waals surface area contributed by atoms with Crippen molar-refractivity contribution in [2.75, 3.05) is 19.6 Å². The molecule has 132 valence electrons. The Kier molecular flexibility index (Phi) is 5.60. The Morgan fingerprint density at radius 3 is 2.88 bits per heavy atom. The van der Waals surface area contributed by atoms with Crippen molar-refractivity contribution in [2.45, 2.75) is 58.4 Å². The van der Waals surface area contributed by atoms with Gasteiger partial charge >= 0.3 is 0 Å². The Hall–Kier alpha value is -1.35. The predicted molar refractivity (Wildman–Crippen MR) is 99.1 cm³/mol. The lowest BCUT2D eigenvalue weighted by Crippen LogP contribution is -2.38. The van der Waals surface area contributed by atoms with Crippen LogP contribution < -0.4 is 5.32 Å². The van der Waals surface area contributed by atoms with Gasteiger partial charge in [-0.1, -0.05) is 31.2 Å². The third-order valence-corrected chi connectivity index (χ3v) is 6.16. The van der Waals surface area contributed by atoms with Crippen molar-refractivity contribution in [2.24, 2.45) is 11.8 Å². The fourth-order valence-corrected chi connectivity index (χ4v) is 4.57. The number of amides is 1. The zero-order chi connectivity index (χ0) is 17.1. The van der Waals surface area contributed by atoms with Crippen LogP contribution >= 0.6 is 0 Å². The number of rotatable bonds is 4. The number of aryl methyl sites for hydroxylation is 1. The number of piperidine rings is 1. The third kappa shape index (κ3) is 3.83. The van der Waals surface area contributed by atoms with Crippen LogP contribution in [0.25, 0.3) is 0 Å². The Balaban J connectivity index is 1.60. The maximum atomic E-state index is 12.9. The minimum absolute atomic E-state index is 0.358. The molecule has 0 spiro atoms. The summed E-state index contributed by atoms with van der Waals surface area (Å²) in [5.41, 5.74) is 2.77. The standard InChI is InChI=1S/C21H32N2O/c1-15-7-4-5-9-20(15)19-12-17(3)23(14-19)21(24)11-16(2)18-8-6-10-22-13-18/h4-5,7,9,16-19,22H,6,8,10-14H2,1-3H3. The molecule has 2 fully saturated rings. The molecule has 0 saturated carbocycles. The first kappa shape index (κ1) is 17.5. The van der Waals surface area contributed by atoms with Gasteiger partial charge in [-0.25, -0.2) is 0 Å². The van der Waals surface area contributed by atoms with Gasteiger partial charge in [0.05, 0.1) is 0 Å². The van der Waals surface area contributed by atoms with Crippen LogP contribution in [0.15, 0.2) is 24.3 Å². The average molecular weight is 329 g/mol. The molecule has 1 N–H and O–H groups in total. The number of nitrogens with zero attached hydrogens (tertiary/aromatic N) is 1. The maximum absolute atomic E-state index is 12.9. The fraction of sp³-hybridized carbons (Fsp3) is 0.667. The van der Waals surface area contributed by atoms with E-state index in [4.69, 9.17) is 0 Å². The molecule has 0 radical (unpaired) electrons. The molecule has 1 aromatic carbocycles. The first-order valence-corrected chi connectivity index (χ1v) is 9.62. The lowest BCUT2D eigenvalue weighted by Gasteiger charge is -2.30. The molecule has 2 saturated heterocycles. The van der Waals surface area contributed by atoms with E-state index in [1.54, 1.807) is 0 Å². The Labute approximate surface area is 146 Å². The van der Waals surface area contributed by atoms with Crippen molar-refractivity contribution >= 4 is 5.91 Å². The highest BCUT2D eigenvalue weighted by molar-refractivity contribution is 5.77. The summed E-state index contributed by atoms with van der Waals surface area (Å²) in [6, 6.07) is 8.99. The molecule has 4 unspecified atom stereocenters. The lowest BCUT2D eigenvalue weighted by molar-refractivity contribution is -0.133. The van der Waals surface area contributed by atoms with Gasteiger partial charge in [0.25, 0.3) is 0 Å². The Bertz CT molecular complexity index is 565. The maximum Gasteiger partial charge on any atom is 0.223 e. The summed E-state index contributed by atoms with van der Waals surface area (Å²) >= 11 is 0. The van der Waals surface area contributed by atoms with Crippen LogP contribution in [0.3, 0.4) is 0 Å². The van der Waals surface area contributed by atoms with Gasteiger partial charge < -0.3 is 10.2 Å². The molecular formula is C21H32N2O. The molecule has 1 aromatic rings. The van der Waals surface area contributed by atoms with Gasteiger partial charge in [-0.2, -0.15) is 0 Å². The van der Waals surface area contributed by atoms with E-state index in [0.717, 1.165) is 26.1 Å². The summed E-state index contributed by atoms with van der Waals surface area (Å²) < 4.78 is 0. The summed E-state index contributed by atoms with van der Waals surface area (Å²) in [6.45, 7) is 9.76. The molecule has 2 heterocycles. The van der Waals surface area contributed by atoms with E-state index in [1.165, 1.54) is 24.0 Å². The molecule has 0 bridgehead atoms. The molecule has 4 atom stereocenters. The number of benzene rings is 1. The van der Waals surface area contributed by atoms with Crippen LogP contribution in [0.2, 0.25) is 0 Å². The molecule has 2 aliphatic heterocycles. The van der Waals surface area contributed by atoms with Crippen molar-refractivity contribution in [1.29, 1.82) is 0 Å². The van der Waals surface area contributed by atoms with Crippen LogP contribution in [0.5, 0.6) is 0 Å². The van der Waals surface area contributed by atoms with Crippen molar-refractivity contribution in [3.05, 3.63) is 35.4 Å². The molecule has 3 heteroatoms. The van der Waals surface area contributed by atoms with Crippen LogP contribution in [-0.2, 0) is 4.79 Å². The normalized spacial score (nSPS) is 28.8. The van der Waals surface area contributed by atoms with Crippen LogP contribution in [0, 0.1) is 18.8 Å². The van der Waals surface area contributed by atoms with E-state index in [0.29, 0.717) is 36.1 Å². The van der Waals surface area contributed by atoms with Crippen LogP contribution in [0.4, 0.5) is 0 Å². The van der Waals surface area contributed by atoms with Gasteiger partial charge in [0.2, 0.25) is 5.91 Å². The SMILES string of the molecule is Cc1ccccc1C1CC(C)N(C(=O)CC(C)C2CCCNC2)C1. The van der Waals surface area contributed by atoms with Crippen LogP contribution in [-0.4, -0.2) is 36.5 Å². The summed E-state index contributed by atoms with van der Waals surface area (Å²) in [5, 5.41) is 3.48. The number of hydrogen-bond acceptors (Lipinski definition) is 2. The largest absolute Gasteiger partial charge is 0.339 e. The van der Waals surface area contributed by atoms with E-state index < -0.39 is 0 Å². The monoisotopic (exact) mass is 328 g/mol. The molecule has 24 heavy (non-hydrogen) atoms. The highest BCUT2D eigenvalue weighted by atomic mass is 16.2. The van der Waals surface area contributed by atoms with Crippen molar-refractivity contribution in [3.63, 3.8) is 0 Å². The average Bonchev–Trinajstić information content (AvgIpc) is 2.97. The number of carbonyl (C=O) groups is 1. The number of nitrogens with one attached hydrogen (secondary N) is 1. The highest BCUT2D eigenvalue weighted by Gasteiger charge is 2.34. The van der Waals surface area contributed by atoms with E-state index in [9.17, 15) is 4.79 Å². The third-order valence-electron chi connectivity index (χ3n) is 6.16. The van der Waals surface area contributed by atoms with Gasteiger partial charge in [-0.15, -0.1) is 0 Å². The van der Waals surface area contributed by atoms with E-state index in [-0.39, 0.29) is 0 Å². The first-order chi connectivity index (χ1) is 11.6. The minimum atomic E-state index is 0.358. The summed E-state index contributed by atoms with van der Waals surface area (Å²) in [4.78, 5) is 15.0. The van der Waals surface area contributed by atoms with Crippen LogP contribution in [0.1, 0.15) is 56.6 Å². The van der Waals surface area contributed by atoms with Gasteiger partial charge in [-0.05, 0) is 69.2 Å². The number of likely N-dealkylation sites (tertiary alicyclic amines) is 1.